The molecule has 1 aromatic carbocycles. The molecular weight excluding hydrogens is 298 g/mol. The highest BCUT2D eigenvalue weighted by Crippen LogP contribution is 2.49. The topological polar surface area (TPSA) is 17.8 Å². The average Bonchev–Trinajstić information content (AvgIpc) is 3.04. The molecule has 3 atom stereocenters. The minimum atomic E-state index is -0.432. The molecule has 1 aliphatic carbocycles. The van der Waals surface area contributed by atoms with Crippen molar-refractivity contribution in [2.75, 3.05) is 0 Å². The lowest BCUT2D eigenvalue weighted by Crippen LogP contribution is -2.04. The number of nitrogens with zero attached hydrogens (tertiary/aromatic N) is 2. The Hall–Kier alpha value is -0.800. The van der Waals surface area contributed by atoms with Crippen LogP contribution in [0.15, 0.2) is 12.1 Å². The van der Waals surface area contributed by atoms with Crippen molar-refractivity contribution in [3.8, 4) is 0 Å². The Kier molecular flexibility index (Phi) is 3.67. The Morgan fingerprint density at radius 3 is 2.90 bits per heavy atom. The molecule has 0 bridgehead atoms. The fourth-order valence-corrected chi connectivity index (χ4v) is 3.28. The van der Waals surface area contributed by atoms with E-state index in [0.717, 1.165) is 17.8 Å². The summed E-state index contributed by atoms with van der Waals surface area (Å²) in [4.78, 5) is 4.50. The number of hydrogen-bond acceptors (Lipinski definition) is 1. The maximum absolute atomic E-state index is 13.6. The number of rotatable bonds is 4. The molecule has 5 heteroatoms. The number of fused-ring (bicyclic) bond motifs is 1. The molecule has 3 rings (SSSR count). The van der Waals surface area contributed by atoms with Crippen molar-refractivity contribution >= 4 is 34.2 Å². The summed E-state index contributed by atoms with van der Waals surface area (Å²) in [5.74, 6) is 1.06. The summed E-state index contributed by atoms with van der Waals surface area (Å²) in [5, 5.41) is -0.0627. The van der Waals surface area contributed by atoms with Gasteiger partial charge in [-0.25, -0.2) is 9.37 Å². The van der Waals surface area contributed by atoms with E-state index in [9.17, 15) is 4.39 Å². The molecule has 20 heavy (non-hydrogen) atoms. The molecule has 2 aromatic rings. The van der Waals surface area contributed by atoms with E-state index in [1.807, 2.05) is 6.92 Å². The van der Waals surface area contributed by atoms with Crippen LogP contribution in [0, 0.1) is 11.7 Å². The van der Waals surface area contributed by atoms with Crippen molar-refractivity contribution in [2.24, 2.45) is 5.92 Å². The first-order valence-electron chi connectivity index (χ1n) is 7.03. The molecule has 1 aromatic heterocycles. The third kappa shape index (κ3) is 2.31. The van der Waals surface area contributed by atoms with Crippen LogP contribution >= 0.6 is 23.2 Å². The van der Waals surface area contributed by atoms with Gasteiger partial charge in [0.2, 0.25) is 0 Å². The Morgan fingerprint density at radius 1 is 1.50 bits per heavy atom. The molecule has 1 saturated carbocycles. The fraction of sp³-hybridized carbons (Fsp3) is 0.533. The SMILES string of the molecule is CCCC1CC1n1c(C(C)Cl)nc2cc(F)c(Cl)cc21. The molecular formula is C15H17Cl2FN2. The van der Waals surface area contributed by atoms with Crippen molar-refractivity contribution in [2.45, 2.75) is 44.5 Å². The standard InChI is InChI=1S/C15H17Cl2FN2/c1-3-4-9-5-13(9)20-14-6-10(17)11(18)7-12(14)19-15(20)8(2)16/h6-9,13H,3-5H2,1-2H3. The van der Waals surface area contributed by atoms with E-state index >= 15 is 0 Å². The van der Waals surface area contributed by atoms with Crippen LogP contribution in [0.25, 0.3) is 11.0 Å². The van der Waals surface area contributed by atoms with Crippen molar-refractivity contribution in [3.63, 3.8) is 0 Å². The van der Waals surface area contributed by atoms with E-state index in [-0.39, 0.29) is 10.4 Å². The number of alkyl halides is 1. The zero-order valence-electron chi connectivity index (χ0n) is 11.5. The van der Waals surface area contributed by atoms with Gasteiger partial charge in [0.25, 0.3) is 0 Å². The van der Waals surface area contributed by atoms with E-state index in [0.29, 0.717) is 17.5 Å². The van der Waals surface area contributed by atoms with Gasteiger partial charge in [0.1, 0.15) is 11.6 Å². The molecule has 0 saturated heterocycles. The average molecular weight is 315 g/mol. The van der Waals surface area contributed by atoms with Gasteiger partial charge in [-0.05, 0) is 31.7 Å². The normalized spacial score (nSPS) is 23.2. The summed E-state index contributed by atoms with van der Waals surface area (Å²) in [6.45, 7) is 4.09. The molecule has 1 aliphatic rings. The molecule has 0 spiro atoms. The van der Waals surface area contributed by atoms with Crippen molar-refractivity contribution in [3.05, 3.63) is 28.8 Å². The van der Waals surface area contributed by atoms with Crippen molar-refractivity contribution < 1.29 is 4.39 Å². The molecule has 0 N–H and O–H groups in total. The minimum Gasteiger partial charge on any atom is -0.323 e. The fourth-order valence-electron chi connectivity index (χ4n) is 2.97. The maximum Gasteiger partial charge on any atom is 0.144 e. The van der Waals surface area contributed by atoms with Crippen LogP contribution in [0.3, 0.4) is 0 Å². The molecule has 1 heterocycles. The van der Waals surface area contributed by atoms with E-state index in [4.69, 9.17) is 23.2 Å². The second-order valence-corrected chi connectivity index (χ2v) is 6.62. The van der Waals surface area contributed by atoms with Crippen LogP contribution in [0.2, 0.25) is 5.02 Å². The predicted molar refractivity (Wildman–Crippen MR) is 81.0 cm³/mol. The molecule has 1 fully saturated rings. The summed E-state index contributed by atoms with van der Waals surface area (Å²) >= 11 is 12.2. The van der Waals surface area contributed by atoms with Gasteiger partial charge in [0.05, 0.1) is 21.4 Å². The molecule has 3 unspecified atom stereocenters. The monoisotopic (exact) mass is 314 g/mol. The molecule has 0 radical (unpaired) electrons. The van der Waals surface area contributed by atoms with Crippen molar-refractivity contribution in [1.82, 2.24) is 9.55 Å². The Balaban J connectivity index is 2.12. The van der Waals surface area contributed by atoms with Crippen LogP contribution in [-0.4, -0.2) is 9.55 Å². The summed E-state index contributed by atoms with van der Waals surface area (Å²) in [6.07, 6.45) is 3.52. The molecule has 0 amide bonds. The first-order valence-corrected chi connectivity index (χ1v) is 7.85. The Bertz CT molecular complexity index is 651. The van der Waals surface area contributed by atoms with E-state index in [1.54, 1.807) is 6.07 Å². The first kappa shape index (κ1) is 14.2. The third-order valence-electron chi connectivity index (χ3n) is 3.99. The Labute approximate surface area is 127 Å². The van der Waals surface area contributed by atoms with Gasteiger partial charge in [-0.2, -0.15) is 0 Å². The lowest BCUT2D eigenvalue weighted by atomic mass is 10.2. The molecule has 2 nitrogen and oxygen atoms in total. The smallest absolute Gasteiger partial charge is 0.144 e. The van der Waals surface area contributed by atoms with Gasteiger partial charge >= 0.3 is 0 Å². The lowest BCUT2D eigenvalue weighted by Gasteiger charge is -2.10. The largest absolute Gasteiger partial charge is 0.323 e. The number of imidazole rings is 1. The summed E-state index contributed by atoms with van der Waals surface area (Å²) < 4.78 is 15.8. The van der Waals surface area contributed by atoms with Gasteiger partial charge in [0, 0.05) is 12.1 Å². The van der Waals surface area contributed by atoms with Gasteiger partial charge in [-0.1, -0.05) is 24.9 Å². The van der Waals surface area contributed by atoms with E-state index in [2.05, 4.69) is 16.5 Å². The lowest BCUT2D eigenvalue weighted by molar-refractivity contribution is 0.597. The van der Waals surface area contributed by atoms with Crippen LogP contribution in [0.4, 0.5) is 4.39 Å². The quantitative estimate of drug-likeness (QED) is 0.682. The zero-order chi connectivity index (χ0) is 14.4. The first-order chi connectivity index (χ1) is 9.52. The maximum atomic E-state index is 13.6. The summed E-state index contributed by atoms with van der Waals surface area (Å²) in [7, 11) is 0. The van der Waals surface area contributed by atoms with Gasteiger partial charge in [0.15, 0.2) is 0 Å². The zero-order valence-corrected chi connectivity index (χ0v) is 13.0. The third-order valence-corrected chi connectivity index (χ3v) is 4.48. The summed E-state index contributed by atoms with van der Waals surface area (Å²) in [6, 6.07) is 3.50. The second kappa shape index (κ2) is 5.19. The highest BCUT2D eigenvalue weighted by atomic mass is 35.5. The number of aromatic nitrogens is 2. The van der Waals surface area contributed by atoms with Gasteiger partial charge < -0.3 is 4.57 Å². The number of benzene rings is 1. The predicted octanol–water partition coefficient (Wildman–Crippen LogP) is 5.49. The molecule has 108 valence electrons. The summed E-state index contributed by atoms with van der Waals surface area (Å²) in [5.41, 5.74) is 1.53. The van der Waals surface area contributed by atoms with Gasteiger partial charge in [-0.15, -0.1) is 11.6 Å². The highest BCUT2D eigenvalue weighted by Gasteiger charge is 2.40. The van der Waals surface area contributed by atoms with E-state index in [1.165, 1.54) is 18.9 Å². The van der Waals surface area contributed by atoms with Crippen LogP contribution in [-0.2, 0) is 0 Å². The van der Waals surface area contributed by atoms with Crippen LogP contribution < -0.4 is 0 Å². The second-order valence-electron chi connectivity index (χ2n) is 5.56. The number of hydrogen-bond donors (Lipinski definition) is 0. The van der Waals surface area contributed by atoms with Crippen molar-refractivity contribution in [1.29, 1.82) is 0 Å². The number of halogens is 3. The molecule has 0 aliphatic heterocycles. The van der Waals surface area contributed by atoms with Crippen LogP contribution in [0.5, 0.6) is 0 Å². The highest BCUT2D eigenvalue weighted by molar-refractivity contribution is 6.31. The van der Waals surface area contributed by atoms with E-state index < -0.39 is 5.82 Å². The minimum absolute atomic E-state index is 0.139. The van der Waals surface area contributed by atoms with Crippen LogP contribution in [0.1, 0.15) is 50.4 Å². The Morgan fingerprint density at radius 2 is 2.25 bits per heavy atom. The van der Waals surface area contributed by atoms with Gasteiger partial charge in [-0.3, -0.25) is 0 Å².